The molecule has 1 heterocycles. The van der Waals surface area contributed by atoms with E-state index in [0.29, 0.717) is 0 Å². The Balaban J connectivity index is 1.81. The van der Waals surface area contributed by atoms with Gasteiger partial charge in [-0.1, -0.05) is 19.1 Å². The molecule has 1 aromatic carbocycles. The first-order valence-corrected chi connectivity index (χ1v) is 7.06. The van der Waals surface area contributed by atoms with E-state index in [-0.39, 0.29) is 0 Å². The van der Waals surface area contributed by atoms with E-state index in [4.69, 9.17) is 4.74 Å². The van der Waals surface area contributed by atoms with Crippen LogP contribution in [-0.2, 0) is 13.1 Å². The van der Waals surface area contributed by atoms with E-state index in [1.54, 1.807) is 11.3 Å². The summed E-state index contributed by atoms with van der Waals surface area (Å²) in [6.45, 7) is 4.60. The van der Waals surface area contributed by atoms with Crippen molar-refractivity contribution < 1.29 is 4.74 Å². The van der Waals surface area contributed by atoms with Crippen molar-refractivity contribution in [2.24, 2.45) is 0 Å². The molecule has 1 N–H and O–H groups in total. The average Bonchev–Trinajstić information content (AvgIpc) is 2.90. The summed E-state index contributed by atoms with van der Waals surface area (Å²) < 4.78 is 5.61. The molecule has 0 radical (unpaired) electrons. The van der Waals surface area contributed by atoms with Crippen LogP contribution in [0.1, 0.15) is 23.8 Å². The number of aromatic nitrogens is 1. The SMILES string of the molecule is CCCOc1cccc(CNCc2cncs2)c1. The lowest BCUT2D eigenvalue weighted by atomic mass is 10.2. The van der Waals surface area contributed by atoms with Crippen LogP contribution in [0, 0.1) is 0 Å². The summed E-state index contributed by atoms with van der Waals surface area (Å²) in [4.78, 5) is 5.31. The third kappa shape index (κ3) is 4.13. The van der Waals surface area contributed by atoms with E-state index in [1.165, 1.54) is 10.4 Å². The number of rotatable bonds is 7. The van der Waals surface area contributed by atoms with Gasteiger partial charge >= 0.3 is 0 Å². The van der Waals surface area contributed by atoms with Crippen molar-refractivity contribution in [1.82, 2.24) is 10.3 Å². The van der Waals surface area contributed by atoms with Gasteiger partial charge in [0.2, 0.25) is 0 Å². The van der Waals surface area contributed by atoms with Crippen molar-refractivity contribution in [3.63, 3.8) is 0 Å². The molecule has 1 aromatic heterocycles. The van der Waals surface area contributed by atoms with Crippen LogP contribution in [0.3, 0.4) is 0 Å². The summed E-state index contributed by atoms with van der Waals surface area (Å²) in [6, 6.07) is 8.24. The lowest BCUT2D eigenvalue weighted by Gasteiger charge is -2.07. The largest absolute Gasteiger partial charge is 0.494 e. The van der Waals surface area contributed by atoms with Gasteiger partial charge in [-0.15, -0.1) is 11.3 Å². The molecule has 0 amide bonds. The molecule has 18 heavy (non-hydrogen) atoms. The second kappa shape index (κ2) is 7.13. The first-order chi connectivity index (χ1) is 8.88. The summed E-state index contributed by atoms with van der Waals surface area (Å²) >= 11 is 1.67. The summed E-state index contributed by atoms with van der Waals surface area (Å²) in [7, 11) is 0. The molecule has 0 unspecified atom stereocenters. The molecule has 4 heteroatoms. The second-order valence-corrected chi connectivity index (χ2v) is 5.04. The van der Waals surface area contributed by atoms with Crippen LogP contribution in [0.5, 0.6) is 5.75 Å². The maximum Gasteiger partial charge on any atom is 0.119 e. The summed E-state index contributed by atoms with van der Waals surface area (Å²) in [5.74, 6) is 0.953. The van der Waals surface area contributed by atoms with Crippen molar-refractivity contribution in [2.45, 2.75) is 26.4 Å². The number of nitrogens with one attached hydrogen (secondary N) is 1. The van der Waals surface area contributed by atoms with Crippen LogP contribution in [0.25, 0.3) is 0 Å². The molecule has 2 aromatic rings. The second-order valence-electron chi connectivity index (χ2n) is 4.07. The van der Waals surface area contributed by atoms with Gasteiger partial charge in [0.1, 0.15) is 5.75 Å². The highest BCUT2D eigenvalue weighted by Gasteiger charge is 1.98. The van der Waals surface area contributed by atoms with E-state index >= 15 is 0 Å². The number of thiazole rings is 1. The van der Waals surface area contributed by atoms with Crippen LogP contribution in [0.15, 0.2) is 36.0 Å². The zero-order valence-electron chi connectivity index (χ0n) is 10.6. The number of hydrogen-bond donors (Lipinski definition) is 1. The third-order valence-electron chi connectivity index (χ3n) is 2.48. The Morgan fingerprint density at radius 2 is 2.28 bits per heavy atom. The number of benzene rings is 1. The predicted octanol–water partition coefficient (Wildman–Crippen LogP) is 3.22. The summed E-state index contributed by atoms with van der Waals surface area (Å²) in [6.07, 6.45) is 2.94. The van der Waals surface area contributed by atoms with Crippen molar-refractivity contribution in [1.29, 1.82) is 0 Å². The smallest absolute Gasteiger partial charge is 0.119 e. The molecule has 2 rings (SSSR count). The summed E-state index contributed by atoms with van der Waals surface area (Å²) in [5, 5.41) is 3.40. The highest BCUT2D eigenvalue weighted by molar-refractivity contribution is 7.09. The summed E-state index contributed by atoms with van der Waals surface area (Å²) in [5.41, 5.74) is 3.10. The van der Waals surface area contributed by atoms with E-state index in [1.807, 2.05) is 23.8 Å². The van der Waals surface area contributed by atoms with Gasteiger partial charge in [-0.05, 0) is 24.1 Å². The van der Waals surface area contributed by atoms with Gasteiger partial charge in [0.25, 0.3) is 0 Å². The van der Waals surface area contributed by atoms with Crippen molar-refractivity contribution >= 4 is 11.3 Å². The van der Waals surface area contributed by atoms with Gasteiger partial charge in [-0.25, -0.2) is 0 Å². The maximum atomic E-state index is 5.61. The Hall–Kier alpha value is -1.39. The molecule has 0 fully saturated rings. The quantitative estimate of drug-likeness (QED) is 0.832. The van der Waals surface area contributed by atoms with Gasteiger partial charge in [0.15, 0.2) is 0 Å². The van der Waals surface area contributed by atoms with Gasteiger partial charge in [0.05, 0.1) is 12.1 Å². The topological polar surface area (TPSA) is 34.1 Å². The molecular weight excluding hydrogens is 244 g/mol. The van der Waals surface area contributed by atoms with Crippen molar-refractivity contribution in [2.75, 3.05) is 6.61 Å². The Kier molecular flexibility index (Phi) is 5.17. The molecule has 0 saturated heterocycles. The molecule has 96 valence electrons. The van der Waals surface area contributed by atoms with Crippen LogP contribution in [0.4, 0.5) is 0 Å². The molecule has 0 spiro atoms. The Labute approximate surface area is 112 Å². The van der Waals surface area contributed by atoms with Crippen LogP contribution in [0.2, 0.25) is 0 Å². The maximum absolute atomic E-state index is 5.61. The van der Waals surface area contributed by atoms with E-state index in [0.717, 1.165) is 31.9 Å². The minimum absolute atomic E-state index is 0.776. The average molecular weight is 262 g/mol. The normalized spacial score (nSPS) is 10.5. The van der Waals surface area contributed by atoms with Gasteiger partial charge in [-0.3, -0.25) is 4.98 Å². The zero-order chi connectivity index (χ0) is 12.6. The minimum Gasteiger partial charge on any atom is -0.494 e. The van der Waals surface area contributed by atoms with Crippen molar-refractivity contribution in [3.8, 4) is 5.75 Å². The standard InChI is InChI=1S/C14H18N2OS/c1-2-6-17-13-5-3-4-12(7-13)8-15-9-14-10-16-11-18-14/h3-5,7,10-11,15H,2,6,8-9H2,1H3. The number of nitrogens with zero attached hydrogens (tertiary/aromatic N) is 1. The molecule has 0 aliphatic rings. The Morgan fingerprint density at radius 1 is 1.33 bits per heavy atom. The highest BCUT2D eigenvalue weighted by Crippen LogP contribution is 2.13. The first kappa shape index (κ1) is 13.1. The van der Waals surface area contributed by atoms with Crippen LogP contribution in [-0.4, -0.2) is 11.6 Å². The number of ether oxygens (including phenoxy) is 1. The van der Waals surface area contributed by atoms with Gasteiger partial charge in [0, 0.05) is 24.2 Å². The number of hydrogen-bond acceptors (Lipinski definition) is 4. The molecule has 0 bridgehead atoms. The fraction of sp³-hybridized carbons (Fsp3) is 0.357. The van der Waals surface area contributed by atoms with Crippen LogP contribution < -0.4 is 10.1 Å². The molecule has 3 nitrogen and oxygen atoms in total. The third-order valence-corrected chi connectivity index (χ3v) is 3.26. The zero-order valence-corrected chi connectivity index (χ0v) is 11.4. The van der Waals surface area contributed by atoms with Gasteiger partial charge < -0.3 is 10.1 Å². The molecule has 0 saturated carbocycles. The fourth-order valence-electron chi connectivity index (χ4n) is 1.62. The lowest BCUT2D eigenvalue weighted by molar-refractivity contribution is 0.317. The van der Waals surface area contributed by atoms with E-state index in [2.05, 4.69) is 29.4 Å². The first-order valence-electron chi connectivity index (χ1n) is 6.18. The highest BCUT2D eigenvalue weighted by atomic mass is 32.1. The van der Waals surface area contributed by atoms with Crippen LogP contribution >= 0.6 is 11.3 Å². The lowest BCUT2D eigenvalue weighted by Crippen LogP contribution is -2.11. The Bertz CT molecular complexity index is 457. The predicted molar refractivity (Wildman–Crippen MR) is 74.9 cm³/mol. The molecule has 0 atom stereocenters. The monoisotopic (exact) mass is 262 g/mol. The fourth-order valence-corrected chi connectivity index (χ4v) is 2.19. The molecule has 0 aliphatic carbocycles. The minimum atomic E-state index is 0.776. The van der Waals surface area contributed by atoms with E-state index < -0.39 is 0 Å². The molecular formula is C14H18N2OS. The molecule has 0 aliphatic heterocycles. The van der Waals surface area contributed by atoms with E-state index in [9.17, 15) is 0 Å². The Morgan fingerprint density at radius 3 is 3.06 bits per heavy atom. The van der Waals surface area contributed by atoms with Crippen molar-refractivity contribution in [3.05, 3.63) is 46.4 Å². The van der Waals surface area contributed by atoms with Gasteiger partial charge in [-0.2, -0.15) is 0 Å².